The second-order valence-corrected chi connectivity index (χ2v) is 6.71. The molecule has 1 nitrogen and oxygen atoms in total. The van der Waals surface area contributed by atoms with Crippen molar-refractivity contribution in [3.8, 4) is 5.75 Å². The summed E-state index contributed by atoms with van der Waals surface area (Å²) in [6.07, 6.45) is 2.76. The highest BCUT2D eigenvalue weighted by molar-refractivity contribution is 5.53. The minimum absolute atomic E-state index is 0.215. The summed E-state index contributed by atoms with van der Waals surface area (Å²) in [5.74, 6) is 0.799. The molecular formula is C22H25F3O. The average molecular weight is 362 g/mol. The first-order valence-electron chi connectivity index (χ1n) is 8.79. The Morgan fingerprint density at radius 1 is 1.00 bits per heavy atom. The first-order chi connectivity index (χ1) is 12.3. The van der Waals surface area contributed by atoms with E-state index in [1.165, 1.54) is 12.1 Å². The smallest absolute Gasteiger partial charge is 0.416 e. The fourth-order valence-corrected chi connectivity index (χ4v) is 2.91. The van der Waals surface area contributed by atoms with E-state index < -0.39 is 11.7 Å². The molecule has 0 bridgehead atoms. The molecule has 0 aromatic heterocycles. The van der Waals surface area contributed by atoms with E-state index in [0.717, 1.165) is 48.3 Å². The standard InChI is InChI=1S/C22H25F3O/c1-4-5-14-21(2,19-7-6-8-20(16-19)26-3)15-13-17-9-11-18(12-10-17)22(23,24)25/h6-13,15-16H,4-5,14H2,1-3H3/b15-13+/t21-/m0/s1. The average Bonchev–Trinajstić information content (AvgIpc) is 2.64. The molecule has 0 aliphatic heterocycles. The maximum atomic E-state index is 12.7. The molecule has 2 aromatic carbocycles. The lowest BCUT2D eigenvalue weighted by atomic mass is 9.77. The molecule has 0 radical (unpaired) electrons. The van der Waals surface area contributed by atoms with Crippen LogP contribution in [0.25, 0.3) is 6.08 Å². The number of benzene rings is 2. The molecule has 0 N–H and O–H groups in total. The van der Waals surface area contributed by atoms with Crippen molar-refractivity contribution in [1.29, 1.82) is 0 Å². The number of halogens is 3. The Bertz CT molecular complexity index is 732. The topological polar surface area (TPSA) is 9.23 Å². The van der Waals surface area contributed by atoms with Crippen LogP contribution in [0.15, 0.2) is 54.6 Å². The molecule has 26 heavy (non-hydrogen) atoms. The van der Waals surface area contributed by atoms with Gasteiger partial charge in [-0.15, -0.1) is 0 Å². The lowest BCUT2D eigenvalue weighted by Crippen LogP contribution is -2.19. The predicted octanol–water partition coefficient (Wildman–Crippen LogP) is 6.88. The lowest BCUT2D eigenvalue weighted by Gasteiger charge is -2.27. The number of unbranched alkanes of at least 4 members (excludes halogenated alkanes) is 1. The van der Waals surface area contributed by atoms with Crippen molar-refractivity contribution >= 4 is 6.08 Å². The Morgan fingerprint density at radius 3 is 2.27 bits per heavy atom. The number of hydrogen-bond acceptors (Lipinski definition) is 1. The number of ether oxygens (including phenoxy) is 1. The van der Waals surface area contributed by atoms with E-state index in [1.807, 2.05) is 24.3 Å². The third-order valence-electron chi connectivity index (χ3n) is 4.66. The largest absolute Gasteiger partial charge is 0.497 e. The van der Waals surface area contributed by atoms with E-state index in [1.54, 1.807) is 7.11 Å². The van der Waals surface area contributed by atoms with Gasteiger partial charge >= 0.3 is 6.18 Å². The van der Waals surface area contributed by atoms with Gasteiger partial charge in [-0.25, -0.2) is 0 Å². The first kappa shape index (κ1) is 20.1. The molecule has 0 saturated heterocycles. The summed E-state index contributed by atoms with van der Waals surface area (Å²) in [7, 11) is 1.64. The number of hydrogen-bond donors (Lipinski definition) is 0. The molecule has 0 fully saturated rings. The molecule has 140 valence electrons. The summed E-state index contributed by atoms with van der Waals surface area (Å²) < 4.78 is 43.4. The van der Waals surface area contributed by atoms with Crippen LogP contribution >= 0.6 is 0 Å². The fourth-order valence-electron chi connectivity index (χ4n) is 2.91. The molecule has 0 heterocycles. The van der Waals surface area contributed by atoms with Crippen molar-refractivity contribution in [2.75, 3.05) is 7.11 Å². The molecule has 0 amide bonds. The second-order valence-electron chi connectivity index (χ2n) is 6.71. The molecule has 2 aromatic rings. The van der Waals surface area contributed by atoms with Gasteiger partial charge in [-0.05, 0) is 41.8 Å². The Balaban J connectivity index is 2.30. The fraction of sp³-hybridized carbons (Fsp3) is 0.364. The number of rotatable bonds is 7. The zero-order valence-corrected chi connectivity index (χ0v) is 15.4. The van der Waals surface area contributed by atoms with E-state index in [-0.39, 0.29) is 5.41 Å². The Kier molecular flexibility index (Phi) is 6.52. The van der Waals surface area contributed by atoms with E-state index in [2.05, 4.69) is 26.0 Å². The molecule has 2 rings (SSSR count). The molecule has 1 atom stereocenters. The van der Waals surface area contributed by atoms with Gasteiger partial charge in [0.25, 0.3) is 0 Å². The molecule has 0 saturated carbocycles. The quantitative estimate of drug-likeness (QED) is 0.522. The van der Waals surface area contributed by atoms with Crippen LogP contribution < -0.4 is 4.74 Å². The molecule has 0 aliphatic carbocycles. The Labute approximate surface area is 153 Å². The van der Waals surface area contributed by atoms with Crippen LogP contribution in [0.2, 0.25) is 0 Å². The third kappa shape index (κ3) is 5.13. The summed E-state index contributed by atoms with van der Waals surface area (Å²) in [5, 5.41) is 0. The van der Waals surface area contributed by atoms with E-state index >= 15 is 0 Å². The highest BCUT2D eigenvalue weighted by Crippen LogP contribution is 2.34. The monoisotopic (exact) mass is 362 g/mol. The summed E-state index contributed by atoms with van der Waals surface area (Å²) >= 11 is 0. The zero-order chi connectivity index (χ0) is 19.2. The van der Waals surface area contributed by atoms with Crippen molar-refractivity contribution in [2.45, 2.75) is 44.7 Å². The maximum Gasteiger partial charge on any atom is 0.416 e. The zero-order valence-electron chi connectivity index (χ0n) is 15.4. The highest BCUT2D eigenvalue weighted by atomic mass is 19.4. The van der Waals surface area contributed by atoms with Crippen molar-refractivity contribution < 1.29 is 17.9 Å². The van der Waals surface area contributed by atoms with E-state index in [0.29, 0.717) is 0 Å². The van der Waals surface area contributed by atoms with Gasteiger partial charge in [0.15, 0.2) is 0 Å². The van der Waals surface area contributed by atoms with Gasteiger partial charge < -0.3 is 4.74 Å². The van der Waals surface area contributed by atoms with Gasteiger partial charge in [0.2, 0.25) is 0 Å². The van der Waals surface area contributed by atoms with Crippen LogP contribution in [-0.4, -0.2) is 7.11 Å². The van der Waals surface area contributed by atoms with Crippen molar-refractivity contribution in [3.05, 3.63) is 71.3 Å². The minimum Gasteiger partial charge on any atom is -0.497 e. The summed E-state index contributed by atoms with van der Waals surface area (Å²) in [4.78, 5) is 0. The second kappa shape index (κ2) is 8.43. The molecule has 4 heteroatoms. The Hall–Kier alpha value is -2.23. The van der Waals surface area contributed by atoms with Gasteiger partial charge in [0, 0.05) is 5.41 Å². The summed E-state index contributed by atoms with van der Waals surface area (Å²) in [5.41, 5.74) is 1.04. The molecule has 0 unspecified atom stereocenters. The summed E-state index contributed by atoms with van der Waals surface area (Å²) in [6.45, 7) is 4.30. The highest BCUT2D eigenvalue weighted by Gasteiger charge is 2.30. The molecule has 0 spiro atoms. The van der Waals surface area contributed by atoms with Gasteiger partial charge in [0.1, 0.15) is 5.75 Å². The van der Waals surface area contributed by atoms with Crippen molar-refractivity contribution in [3.63, 3.8) is 0 Å². The number of methoxy groups -OCH3 is 1. The normalized spacial score (nSPS) is 14.4. The predicted molar refractivity (Wildman–Crippen MR) is 100 cm³/mol. The Morgan fingerprint density at radius 2 is 1.69 bits per heavy atom. The van der Waals surface area contributed by atoms with Gasteiger partial charge in [0.05, 0.1) is 12.7 Å². The van der Waals surface area contributed by atoms with Crippen molar-refractivity contribution in [2.24, 2.45) is 0 Å². The van der Waals surface area contributed by atoms with E-state index in [4.69, 9.17) is 4.74 Å². The SMILES string of the molecule is CCCC[C@@](C)(/C=C/c1ccc(C(F)(F)F)cc1)c1cccc(OC)c1. The van der Waals surface area contributed by atoms with Gasteiger partial charge in [-0.3, -0.25) is 0 Å². The molecular weight excluding hydrogens is 337 g/mol. The van der Waals surface area contributed by atoms with Gasteiger partial charge in [-0.2, -0.15) is 13.2 Å². The first-order valence-corrected chi connectivity index (χ1v) is 8.79. The number of alkyl halides is 3. The summed E-state index contributed by atoms with van der Waals surface area (Å²) in [6, 6.07) is 13.2. The van der Waals surface area contributed by atoms with Crippen LogP contribution in [0.3, 0.4) is 0 Å². The van der Waals surface area contributed by atoms with E-state index in [9.17, 15) is 13.2 Å². The maximum absolute atomic E-state index is 12.7. The van der Waals surface area contributed by atoms with Gasteiger partial charge in [-0.1, -0.05) is 63.1 Å². The lowest BCUT2D eigenvalue weighted by molar-refractivity contribution is -0.137. The van der Waals surface area contributed by atoms with Crippen LogP contribution in [0.5, 0.6) is 5.75 Å². The van der Waals surface area contributed by atoms with Crippen LogP contribution in [0, 0.1) is 0 Å². The third-order valence-corrected chi connectivity index (χ3v) is 4.66. The minimum atomic E-state index is -4.31. The van der Waals surface area contributed by atoms with Crippen LogP contribution in [0.4, 0.5) is 13.2 Å². The number of allylic oxidation sites excluding steroid dienone is 1. The van der Waals surface area contributed by atoms with Crippen molar-refractivity contribution in [1.82, 2.24) is 0 Å². The van der Waals surface area contributed by atoms with Crippen LogP contribution in [0.1, 0.15) is 49.8 Å². The molecule has 0 aliphatic rings. The van der Waals surface area contributed by atoms with Crippen LogP contribution in [-0.2, 0) is 11.6 Å².